The maximum Gasteiger partial charge on any atom is 0.253 e. The van der Waals surface area contributed by atoms with Crippen molar-refractivity contribution in [3.05, 3.63) is 41.2 Å². The van der Waals surface area contributed by atoms with Crippen molar-refractivity contribution in [2.45, 2.75) is 25.8 Å². The van der Waals surface area contributed by atoms with Crippen LogP contribution >= 0.6 is 11.6 Å². The number of nitrogens with one attached hydrogen (secondary N) is 1. The Balaban J connectivity index is 2.43. The number of aliphatic hydroxyl groups excluding tert-OH is 1. The van der Waals surface area contributed by atoms with Gasteiger partial charge in [0.15, 0.2) is 0 Å². The highest BCUT2D eigenvalue weighted by atomic mass is 35.5. The maximum atomic E-state index is 12.4. The lowest BCUT2D eigenvalue weighted by Gasteiger charge is -2.27. The zero-order chi connectivity index (χ0) is 14.8. The smallest absolute Gasteiger partial charge is 0.253 e. The van der Waals surface area contributed by atoms with Gasteiger partial charge in [-0.3, -0.25) is 4.79 Å². The van der Waals surface area contributed by atoms with Crippen LogP contribution in [0, 0.1) is 0 Å². The molecule has 4 nitrogen and oxygen atoms in total. The van der Waals surface area contributed by atoms with Gasteiger partial charge in [0.2, 0.25) is 0 Å². The molecule has 0 saturated carbocycles. The Kier molecular flexibility index (Phi) is 4.26. The molecule has 2 aromatic rings. The largest absolute Gasteiger partial charge is 0.394 e. The molecule has 0 aliphatic heterocycles. The first-order chi connectivity index (χ1) is 9.50. The van der Waals surface area contributed by atoms with E-state index in [0.29, 0.717) is 17.1 Å². The van der Waals surface area contributed by atoms with E-state index < -0.39 is 5.54 Å². The van der Waals surface area contributed by atoms with Gasteiger partial charge in [-0.1, -0.05) is 42.8 Å². The second-order valence-corrected chi connectivity index (χ2v) is 5.39. The van der Waals surface area contributed by atoms with E-state index in [1.807, 2.05) is 31.2 Å². The standard InChI is InChI=1S/C15H17ClN2O2/c1-3-15(2,9-19)18-14(20)12-8-17-13(16)11-7-5-4-6-10(11)12/h4-8,19H,3,9H2,1-2H3,(H,18,20). The number of nitrogens with zero attached hydrogens (tertiary/aromatic N) is 1. The summed E-state index contributed by atoms with van der Waals surface area (Å²) in [5, 5.41) is 14.1. The van der Waals surface area contributed by atoms with Crippen LogP contribution in [0.25, 0.3) is 10.8 Å². The summed E-state index contributed by atoms with van der Waals surface area (Å²) >= 11 is 6.04. The van der Waals surface area contributed by atoms with Crippen molar-refractivity contribution in [2.24, 2.45) is 0 Å². The number of fused-ring (bicyclic) bond motifs is 1. The number of aliphatic hydroxyl groups is 1. The molecule has 0 bridgehead atoms. The van der Waals surface area contributed by atoms with Crippen LogP contribution < -0.4 is 5.32 Å². The second-order valence-electron chi connectivity index (χ2n) is 5.03. The number of rotatable bonds is 4. The zero-order valence-corrected chi connectivity index (χ0v) is 12.2. The second kappa shape index (κ2) is 5.77. The van der Waals surface area contributed by atoms with Gasteiger partial charge in [0.25, 0.3) is 5.91 Å². The first kappa shape index (κ1) is 14.8. The van der Waals surface area contributed by atoms with E-state index in [1.165, 1.54) is 6.20 Å². The molecule has 0 fully saturated rings. The van der Waals surface area contributed by atoms with E-state index in [0.717, 1.165) is 10.8 Å². The summed E-state index contributed by atoms with van der Waals surface area (Å²) in [7, 11) is 0. The highest BCUT2D eigenvalue weighted by Crippen LogP contribution is 2.24. The minimum atomic E-state index is -0.641. The molecule has 1 unspecified atom stereocenters. The summed E-state index contributed by atoms with van der Waals surface area (Å²) in [5.74, 6) is -0.260. The van der Waals surface area contributed by atoms with Crippen molar-refractivity contribution in [3.8, 4) is 0 Å². The van der Waals surface area contributed by atoms with Gasteiger partial charge in [0.05, 0.1) is 17.7 Å². The number of halogens is 1. The van der Waals surface area contributed by atoms with Crippen molar-refractivity contribution < 1.29 is 9.90 Å². The molecular formula is C15H17ClN2O2. The molecule has 0 aliphatic rings. The average Bonchev–Trinajstić information content (AvgIpc) is 2.47. The highest BCUT2D eigenvalue weighted by molar-refractivity contribution is 6.34. The molecule has 1 aromatic heterocycles. The SMILES string of the molecule is CCC(C)(CO)NC(=O)c1cnc(Cl)c2ccccc12. The van der Waals surface area contributed by atoms with Crippen LogP contribution in [0.4, 0.5) is 0 Å². The predicted molar refractivity (Wildman–Crippen MR) is 80.0 cm³/mol. The molecular weight excluding hydrogens is 276 g/mol. The number of carbonyl (C=O) groups is 1. The number of hydrogen-bond acceptors (Lipinski definition) is 3. The van der Waals surface area contributed by atoms with Crippen LogP contribution in [0.1, 0.15) is 30.6 Å². The van der Waals surface area contributed by atoms with Gasteiger partial charge < -0.3 is 10.4 Å². The van der Waals surface area contributed by atoms with Crippen LogP contribution in [0.15, 0.2) is 30.5 Å². The molecule has 0 saturated heterocycles. The van der Waals surface area contributed by atoms with E-state index >= 15 is 0 Å². The molecule has 20 heavy (non-hydrogen) atoms. The van der Waals surface area contributed by atoms with Crippen molar-refractivity contribution in [2.75, 3.05) is 6.61 Å². The molecule has 0 aliphatic carbocycles. The number of hydrogen-bond donors (Lipinski definition) is 2. The highest BCUT2D eigenvalue weighted by Gasteiger charge is 2.25. The van der Waals surface area contributed by atoms with Crippen LogP contribution in [0.2, 0.25) is 5.15 Å². The molecule has 2 N–H and O–H groups in total. The summed E-state index contributed by atoms with van der Waals surface area (Å²) < 4.78 is 0. The number of pyridine rings is 1. The van der Waals surface area contributed by atoms with Gasteiger partial charge in [-0.15, -0.1) is 0 Å². The molecule has 0 radical (unpaired) electrons. The van der Waals surface area contributed by atoms with Crippen molar-refractivity contribution in [1.29, 1.82) is 0 Å². The third-order valence-corrected chi connectivity index (χ3v) is 3.84. The van der Waals surface area contributed by atoms with E-state index in [9.17, 15) is 9.90 Å². The van der Waals surface area contributed by atoms with Gasteiger partial charge in [-0.2, -0.15) is 0 Å². The summed E-state index contributed by atoms with van der Waals surface area (Å²) in [6.45, 7) is 3.60. The van der Waals surface area contributed by atoms with E-state index in [-0.39, 0.29) is 12.5 Å². The van der Waals surface area contributed by atoms with E-state index in [4.69, 9.17) is 11.6 Å². The maximum absolute atomic E-state index is 12.4. The van der Waals surface area contributed by atoms with Crippen molar-refractivity contribution in [1.82, 2.24) is 10.3 Å². The summed E-state index contributed by atoms with van der Waals surface area (Å²) in [5.41, 5.74) is -0.184. The number of benzene rings is 1. The number of carbonyl (C=O) groups excluding carboxylic acids is 1. The lowest BCUT2D eigenvalue weighted by Crippen LogP contribution is -2.48. The molecule has 1 heterocycles. The molecule has 2 rings (SSSR count). The third kappa shape index (κ3) is 2.76. The Bertz CT molecular complexity index is 639. The Labute approximate surface area is 122 Å². The minimum absolute atomic E-state index is 0.117. The fourth-order valence-electron chi connectivity index (χ4n) is 1.92. The number of aromatic nitrogens is 1. The van der Waals surface area contributed by atoms with Crippen LogP contribution in [0.3, 0.4) is 0 Å². The lowest BCUT2D eigenvalue weighted by molar-refractivity contribution is 0.0849. The van der Waals surface area contributed by atoms with Crippen LogP contribution in [-0.4, -0.2) is 28.1 Å². The first-order valence-corrected chi connectivity index (χ1v) is 6.85. The Morgan fingerprint density at radius 2 is 2.05 bits per heavy atom. The predicted octanol–water partition coefficient (Wildman–Crippen LogP) is 2.78. The van der Waals surface area contributed by atoms with Gasteiger partial charge in [-0.05, 0) is 18.7 Å². The fourth-order valence-corrected chi connectivity index (χ4v) is 2.13. The first-order valence-electron chi connectivity index (χ1n) is 6.47. The van der Waals surface area contributed by atoms with Gasteiger partial charge in [0.1, 0.15) is 5.15 Å². The molecule has 1 amide bonds. The summed E-state index contributed by atoms with van der Waals surface area (Å²) in [4.78, 5) is 16.5. The molecule has 106 valence electrons. The van der Waals surface area contributed by atoms with Gasteiger partial charge in [-0.25, -0.2) is 4.98 Å². The van der Waals surface area contributed by atoms with Crippen LogP contribution in [0.5, 0.6) is 0 Å². The Morgan fingerprint density at radius 1 is 1.40 bits per heavy atom. The van der Waals surface area contributed by atoms with Crippen molar-refractivity contribution >= 4 is 28.3 Å². The molecule has 1 atom stereocenters. The van der Waals surface area contributed by atoms with Crippen LogP contribution in [-0.2, 0) is 0 Å². The monoisotopic (exact) mass is 292 g/mol. The lowest BCUT2D eigenvalue weighted by atomic mass is 9.99. The van der Waals surface area contributed by atoms with Gasteiger partial charge in [0, 0.05) is 11.6 Å². The van der Waals surface area contributed by atoms with Crippen molar-refractivity contribution in [3.63, 3.8) is 0 Å². The molecule has 5 heteroatoms. The number of amides is 1. The topological polar surface area (TPSA) is 62.2 Å². The minimum Gasteiger partial charge on any atom is -0.394 e. The zero-order valence-electron chi connectivity index (χ0n) is 11.5. The van der Waals surface area contributed by atoms with E-state index in [2.05, 4.69) is 10.3 Å². The normalized spacial score (nSPS) is 14.0. The fraction of sp³-hybridized carbons (Fsp3) is 0.333. The molecule has 1 aromatic carbocycles. The quantitative estimate of drug-likeness (QED) is 0.852. The Hall–Kier alpha value is -1.65. The van der Waals surface area contributed by atoms with Gasteiger partial charge >= 0.3 is 0 Å². The summed E-state index contributed by atoms with van der Waals surface area (Å²) in [6.07, 6.45) is 2.10. The Morgan fingerprint density at radius 3 is 2.65 bits per heavy atom. The summed E-state index contributed by atoms with van der Waals surface area (Å²) in [6, 6.07) is 7.36. The van der Waals surface area contributed by atoms with E-state index in [1.54, 1.807) is 6.92 Å². The molecule has 0 spiro atoms. The average molecular weight is 293 g/mol. The third-order valence-electron chi connectivity index (χ3n) is 3.54.